The van der Waals surface area contributed by atoms with Crippen molar-refractivity contribution in [2.45, 2.75) is 32.0 Å². The van der Waals surface area contributed by atoms with E-state index in [4.69, 9.17) is 11.6 Å². The van der Waals surface area contributed by atoms with Crippen molar-refractivity contribution in [2.24, 2.45) is 0 Å². The summed E-state index contributed by atoms with van der Waals surface area (Å²) >= 11 is 7.37. The number of aromatic nitrogens is 3. The molecule has 27 heavy (non-hydrogen) atoms. The van der Waals surface area contributed by atoms with Gasteiger partial charge in [-0.25, -0.2) is 0 Å². The Morgan fingerprint density at radius 3 is 2.78 bits per heavy atom. The van der Waals surface area contributed by atoms with Crippen LogP contribution in [0.4, 0.5) is 0 Å². The van der Waals surface area contributed by atoms with Crippen molar-refractivity contribution in [3.8, 4) is 5.69 Å². The molecule has 1 amide bonds. The first-order chi connectivity index (χ1) is 12.9. The van der Waals surface area contributed by atoms with Crippen LogP contribution in [0.2, 0.25) is 5.02 Å². The molecule has 7 heteroatoms. The van der Waals surface area contributed by atoms with Crippen LogP contribution in [0, 0.1) is 13.8 Å². The molecule has 5 nitrogen and oxygen atoms in total. The smallest absolute Gasteiger partial charge is 0.230 e. The maximum absolute atomic E-state index is 12.3. The van der Waals surface area contributed by atoms with Crippen LogP contribution in [-0.2, 0) is 4.79 Å². The van der Waals surface area contributed by atoms with Crippen LogP contribution >= 0.6 is 23.4 Å². The van der Waals surface area contributed by atoms with E-state index in [2.05, 4.69) is 41.5 Å². The lowest BCUT2D eigenvalue weighted by Gasteiger charge is -2.14. The number of rotatable bonds is 6. The molecule has 3 rings (SSSR count). The third-order valence-electron chi connectivity index (χ3n) is 4.34. The standard InChI is InChI=1S/C20H21ClN4OS/c1-13-7-8-18(9-14(13)2)25-12-22-24-20(25)27-11-19(26)23-15(3)16-5-4-6-17(21)10-16/h4-10,12,15H,11H2,1-3H3,(H,23,26). The minimum absolute atomic E-state index is 0.0675. The van der Waals surface area contributed by atoms with E-state index in [1.165, 1.54) is 22.9 Å². The number of benzene rings is 2. The second-order valence-corrected chi connectivity index (χ2v) is 7.76. The van der Waals surface area contributed by atoms with E-state index >= 15 is 0 Å². The molecule has 2 aromatic carbocycles. The number of aryl methyl sites for hydroxylation is 2. The summed E-state index contributed by atoms with van der Waals surface area (Å²) in [5.74, 6) is 0.191. The third-order valence-corrected chi connectivity index (χ3v) is 5.52. The molecule has 1 atom stereocenters. The Balaban J connectivity index is 1.63. The maximum Gasteiger partial charge on any atom is 0.230 e. The second kappa shape index (κ2) is 8.59. The van der Waals surface area contributed by atoms with E-state index in [1.807, 2.05) is 41.8 Å². The maximum atomic E-state index is 12.3. The van der Waals surface area contributed by atoms with Crippen molar-refractivity contribution in [1.82, 2.24) is 20.1 Å². The van der Waals surface area contributed by atoms with Gasteiger partial charge < -0.3 is 5.32 Å². The Labute approximate surface area is 168 Å². The first kappa shape index (κ1) is 19.5. The molecule has 0 aliphatic carbocycles. The van der Waals surface area contributed by atoms with E-state index < -0.39 is 0 Å². The zero-order valence-corrected chi connectivity index (χ0v) is 17.0. The highest BCUT2D eigenvalue weighted by Crippen LogP contribution is 2.22. The van der Waals surface area contributed by atoms with Crippen LogP contribution in [0.3, 0.4) is 0 Å². The SMILES string of the molecule is Cc1ccc(-n2cnnc2SCC(=O)NC(C)c2cccc(Cl)c2)cc1C. The van der Waals surface area contributed by atoms with Crippen LogP contribution in [0.1, 0.15) is 29.7 Å². The number of carbonyl (C=O) groups excluding carboxylic acids is 1. The summed E-state index contributed by atoms with van der Waals surface area (Å²) in [7, 11) is 0. The van der Waals surface area contributed by atoms with Crippen molar-refractivity contribution < 1.29 is 4.79 Å². The summed E-state index contributed by atoms with van der Waals surface area (Å²) in [5.41, 5.74) is 4.39. The average molecular weight is 401 g/mol. The Kier molecular flexibility index (Phi) is 6.19. The Morgan fingerprint density at radius 2 is 2.04 bits per heavy atom. The highest BCUT2D eigenvalue weighted by molar-refractivity contribution is 7.99. The molecule has 0 radical (unpaired) electrons. The first-order valence-electron chi connectivity index (χ1n) is 8.59. The van der Waals surface area contributed by atoms with Gasteiger partial charge in [-0.3, -0.25) is 9.36 Å². The molecule has 1 heterocycles. The van der Waals surface area contributed by atoms with E-state index in [9.17, 15) is 4.79 Å². The minimum atomic E-state index is -0.116. The number of carbonyl (C=O) groups is 1. The van der Waals surface area contributed by atoms with Gasteiger partial charge in [0.05, 0.1) is 11.8 Å². The highest BCUT2D eigenvalue weighted by Gasteiger charge is 2.13. The van der Waals surface area contributed by atoms with Gasteiger partial charge in [-0.05, 0) is 61.7 Å². The number of halogens is 1. The Bertz CT molecular complexity index is 957. The van der Waals surface area contributed by atoms with Gasteiger partial charge in [0.1, 0.15) is 6.33 Å². The van der Waals surface area contributed by atoms with Crippen LogP contribution in [0.15, 0.2) is 53.9 Å². The number of amides is 1. The zero-order chi connectivity index (χ0) is 19.4. The van der Waals surface area contributed by atoms with Crippen molar-refractivity contribution >= 4 is 29.3 Å². The molecule has 1 N–H and O–H groups in total. The Hall–Kier alpha value is -2.31. The van der Waals surface area contributed by atoms with Crippen molar-refractivity contribution in [3.63, 3.8) is 0 Å². The van der Waals surface area contributed by atoms with Gasteiger partial charge in [0.15, 0.2) is 5.16 Å². The first-order valence-corrected chi connectivity index (χ1v) is 9.95. The molecule has 0 saturated carbocycles. The summed E-state index contributed by atoms with van der Waals surface area (Å²) in [6, 6.07) is 13.6. The normalized spacial score (nSPS) is 12.0. The Morgan fingerprint density at radius 1 is 1.22 bits per heavy atom. The molecule has 0 bridgehead atoms. The summed E-state index contributed by atoms with van der Waals surface area (Å²) < 4.78 is 1.89. The van der Waals surface area contributed by atoms with Crippen LogP contribution in [0.25, 0.3) is 5.69 Å². The van der Waals surface area contributed by atoms with Gasteiger partial charge in [0.25, 0.3) is 0 Å². The number of thioether (sulfide) groups is 1. The highest BCUT2D eigenvalue weighted by atomic mass is 35.5. The zero-order valence-electron chi connectivity index (χ0n) is 15.4. The molecular weight excluding hydrogens is 380 g/mol. The number of hydrogen-bond donors (Lipinski definition) is 1. The molecule has 0 saturated heterocycles. The molecule has 1 aromatic heterocycles. The molecular formula is C20H21ClN4OS. The fraction of sp³-hybridized carbons (Fsp3) is 0.250. The summed E-state index contributed by atoms with van der Waals surface area (Å²) in [4.78, 5) is 12.3. The van der Waals surface area contributed by atoms with Gasteiger partial charge in [-0.1, -0.05) is 41.6 Å². The van der Waals surface area contributed by atoms with Crippen LogP contribution in [0.5, 0.6) is 0 Å². The quantitative estimate of drug-likeness (QED) is 0.618. The lowest BCUT2D eigenvalue weighted by atomic mass is 10.1. The van der Waals surface area contributed by atoms with E-state index in [0.717, 1.165) is 11.3 Å². The molecule has 140 valence electrons. The van der Waals surface area contributed by atoms with Crippen molar-refractivity contribution in [3.05, 3.63) is 70.5 Å². The molecule has 1 unspecified atom stereocenters. The molecule has 0 fully saturated rings. The van der Waals surface area contributed by atoms with E-state index in [0.29, 0.717) is 10.2 Å². The number of nitrogens with zero attached hydrogens (tertiary/aromatic N) is 3. The number of nitrogens with one attached hydrogen (secondary N) is 1. The molecule has 0 aliphatic heterocycles. The van der Waals surface area contributed by atoms with Crippen molar-refractivity contribution in [2.75, 3.05) is 5.75 Å². The fourth-order valence-corrected chi connectivity index (χ4v) is 3.59. The van der Waals surface area contributed by atoms with Gasteiger partial charge in [0, 0.05) is 10.7 Å². The van der Waals surface area contributed by atoms with E-state index in [1.54, 1.807) is 6.33 Å². The van der Waals surface area contributed by atoms with Gasteiger partial charge in [-0.15, -0.1) is 10.2 Å². The largest absolute Gasteiger partial charge is 0.349 e. The third kappa shape index (κ3) is 4.90. The predicted molar refractivity (Wildman–Crippen MR) is 110 cm³/mol. The fourth-order valence-electron chi connectivity index (χ4n) is 2.65. The average Bonchev–Trinajstić information content (AvgIpc) is 3.11. The summed E-state index contributed by atoms with van der Waals surface area (Å²) in [6.07, 6.45) is 1.67. The van der Waals surface area contributed by atoms with Crippen molar-refractivity contribution in [1.29, 1.82) is 0 Å². The summed E-state index contributed by atoms with van der Waals surface area (Å²) in [5, 5.41) is 12.5. The second-order valence-electron chi connectivity index (χ2n) is 6.38. The summed E-state index contributed by atoms with van der Waals surface area (Å²) in [6.45, 7) is 6.08. The molecule has 3 aromatic rings. The van der Waals surface area contributed by atoms with Crippen LogP contribution in [-0.4, -0.2) is 26.4 Å². The topological polar surface area (TPSA) is 59.8 Å². The molecule has 0 aliphatic rings. The van der Waals surface area contributed by atoms with Gasteiger partial charge in [-0.2, -0.15) is 0 Å². The van der Waals surface area contributed by atoms with E-state index in [-0.39, 0.29) is 17.7 Å². The van der Waals surface area contributed by atoms with Gasteiger partial charge in [0.2, 0.25) is 5.91 Å². The molecule has 0 spiro atoms. The van der Waals surface area contributed by atoms with Crippen LogP contribution < -0.4 is 5.32 Å². The lowest BCUT2D eigenvalue weighted by Crippen LogP contribution is -2.28. The minimum Gasteiger partial charge on any atom is -0.349 e. The lowest BCUT2D eigenvalue weighted by molar-refractivity contribution is -0.119. The van der Waals surface area contributed by atoms with Gasteiger partial charge >= 0.3 is 0 Å². The monoisotopic (exact) mass is 400 g/mol. The predicted octanol–water partition coefficient (Wildman–Crippen LogP) is 4.51. The number of hydrogen-bond acceptors (Lipinski definition) is 4.